The predicted molar refractivity (Wildman–Crippen MR) is 93.2 cm³/mol. The average Bonchev–Trinajstić information content (AvgIpc) is 3.24. The Bertz CT molecular complexity index is 885. The van der Waals surface area contributed by atoms with Gasteiger partial charge in [-0.05, 0) is 0 Å². The quantitative estimate of drug-likeness (QED) is 0.417. The van der Waals surface area contributed by atoms with Crippen molar-refractivity contribution < 1.29 is 24.9 Å². The van der Waals surface area contributed by atoms with E-state index in [1.165, 1.54) is 17.2 Å². The summed E-state index contributed by atoms with van der Waals surface area (Å²) in [5, 5.41) is 32.2. The number of fused-ring (bicyclic) bond motifs is 1. The Kier molecular flexibility index (Phi) is 4.29. The third-order valence-electron chi connectivity index (χ3n) is 4.81. The summed E-state index contributed by atoms with van der Waals surface area (Å²) in [5.74, 6) is -0.183. The highest BCUT2D eigenvalue weighted by Crippen LogP contribution is 2.37. The number of aliphatic hydroxyl groups excluding tert-OH is 3. The second-order valence-electron chi connectivity index (χ2n) is 6.46. The third kappa shape index (κ3) is 2.66. The second kappa shape index (κ2) is 6.51. The fourth-order valence-corrected chi connectivity index (χ4v) is 3.31. The number of carbonyl (C=O) groups is 1. The summed E-state index contributed by atoms with van der Waals surface area (Å²) >= 11 is 0. The molecule has 1 fully saturated rings. The summed E-state index contributed by atoms with van der Waals surface area (Å²) in [6.45, 7) is -0.455. The van der Waals surface area contributed by atoms with E-state index in [1.54, 1.807) is 30.3 Å². The highest BCUT2D eigenvalue weighted by atomic mass is 16.6. The molecule has 1 unspecified atom stereocenters. The van der Waals surface area contributed by atoms with Crippen molar-refractivity contribution in [1.82, 2.24) is 14.9 Å². The summed E-state index contributed by atoms with van der Waals surface area (Å²) in [7, 11) is 0. The molecule has 0 saturated carbocycles. The molecular weight excluding hydrogens is 354 g/mol. The molecule has 142 valence electrons. The molecule has 10 heteroatoms. The number of carbonyl (C=O) groups excluding carboxylic acids is 1. The number of benzene rings is 1. The SMILES string of the molecule is NC1(C(=O)c2ccccc2)NC=Nc2c1ncn2[C@@H]1O[C@H](CO)[C@@H](O)[C@@H]1O. The van der Waals surface area contributed by atoms with E-state index in [-0.39, 0.29) is 11.5 Å². The highest BCUT2D eigenvalue weighted by Gasteiger charge is 2.47. The van der Waals surface area contributed by atoms with E-state index >= 15 is 0 Å². The van der Waals surface area contributed by atoms with Gasteiger partial charge in [0.05, 0.1) is 19.3 Å². The van der Waals surface area contributed by atoms with Gasteiger partial charge in [0.15, 0.2) is 17.7 Å². The van der Waals surface area contributed by atoms with Gasteiger partial charge in [0.1, 0.15) is 24.0 Å². The number of nitrogens with one attached hydrogen (secondary N) is 1. The first-order chi connectivity index (χ1) is 13.0. The summed E-state index contributed by atoms with van der Waals surface area (Å²) in [4.78, 5) is 21.4. The van der Waals surface area contributed by atoms with Crippen LogP contribution in [0.4, 0.5) is 5.82 Å². The minimum absolute atomic E-state index is 0.164. The molecule has 6 N–H and O–H groups in total. The lowest BCUT2D eigenvalue weighted by atomic mass is 9.94. The Hall–Kier alpha value is -2.63. The molecule has 2 aliphatic heterocycles. The number of hydrogen-bond acceptors (Lipinski definition) is 9. The number of nitrogens with zero attached hydrogens (tertiary/aromatic N) is 3. The number of ether oxygens (including phenoxy) is 1. The van der Waals surface area contributed by atoms with Crippen LogP contribution in [-0.4, -0.2) is 61.9 Å². The van der Waals surface area contributed by atoms with Crippen molar-refractivity contribution in [3.8, 4) is 0 Å². The van der Waals surface area contributed by atoms with Gasteiger partial charge < -0.3 is 25.4 Å². The average molecular weight is 373 g/mol. The Morgan fingerprint density at radius 3 is 2.70 bits per heavy atom. The molecule has 1 aromatic heterocycles. The zero-order chi connectivity index (χ0) is 19.2. The van der Waals surface area contributed by atoms with Crippen molar-refractivity contribution in [2.24, 2.45) is 10.7 Å². The predicted octanol–water partition coefficient (Wildman–Crippen LogP) is -1.25. The van der Waals surface area contributed by atoms with Crippen LogP contribution in [0, 0.1) is 0 Å². The van der Waals surface area contributed by atoms with Gasteiger partial charge in [0.25, 0.3) is 0 Å². The molecule has 5 atom stereocenters. The zero-order valence-corrected chi connectivity index (χ0v) is 14.1. The Labute approximate surface area is 153 Å². The van der Waals surface area contributed by atoms with Crippen LogP contribution in [0.2, 0.25) is 0 Å². The first-order valence-corrected chi connectivity index (χ1v) is 8.36. The third-order valence-corrected chi connectivity index (χ3v) is 4.81. The van der Waals surface area contributed by atoms with Crippen LogP contribution in [0.3, 0.4) is 0 Å². The van der Waals surface area contributed by atoms with Crippen LogP contribution in [0.15, 0.2) is 41.7 Å². The first kappa shape index (κ1) is 17.8. The van der Waals surface area contributed by atoms with Crippen LogP contribution >= 0.6 is 0 Å². The molecule has 1 saturated heterocycles. The number of imidazole rings is 1. The van der Waals surface area contributed by atoms with Gasteiger partial charge in [-0.1, -0.05) is 30.3 Å². The lowest BCUT2D eigenvalue weighted by Crippen LogP contribution is -2.57. The number of aliphatic imine (C=N–C) groups is 1. The van der Waals surface area contributed by atoms with Crippen LogP contribution < -0.4 is 11.1 Å². The molecule has 10 nitrogen and oxygen atoms in total. The van der Waals surface area contributed by atoms with Crippen molar-refractivity contribution >= 4 is 17.9 Å². The lowest BCUT2D eigenvalue weighted by Gasteiger charge is -2.30. The van der Waals surface area contributed by atoms with E-state index in [0.717, 1.165) is 0 Å². The number of aromatic nitrogens is 2. The van der Waals surface area contributed by atoms with E-state index < -0.39 is 42.6 Å². The van der Waals surface area contributed by atoms with Gasteiger partial charge >= 0.3 is 0 Å². The maximum atomic E-state index is 13.0. The smallest absolute Gasteiger partial charge is 0.209 e. The van der Waals surface area contributed by atoms with Crippen LogP contribution in [-0.2, 0) is 10.4 Å². The van der Waals surface area contributed by atoms with Crippen molar-refractivity contribution in [2.45, 2.75) is 30.2 Å². The van der Waals surface area contributed by atoms with E-state index in [2.05, 4.69) is 15.3 Å². The van der Waals surface area contributed by atoms with E-state index in [9.17, 15) is 20.1 Å². The van der Waals surface area contributed by atoms with Gasteiger partial charge in [0.2, 0.25) is 5.78 Å². The maximum Gasteiger partial charge on any atom is 0.209 e. The van der Waals surface area contributed by atoms with Crippen LogP contribution in [0.5, 0.6) is 0 Å². The van der Waals surface area contributed by atoms with Gasteiger partial charge in [-0.15, -0.1) is 0 Å². The molecule has 2 aromatic rings. The zero-order valence-electron chi connectivity index (χ0n) is 14.1. The lowest BCUT2D eigenvalue weighted by molar-refractivity contribution is -0.0520. The molecule has 0 aliphatic carbocycles. The van der Waals surface area contributed by atoms with Crippen molar-refractivity contribution in [1.29, 1.82) is 0 Å². The molecule has 0 bridgehead atoms. The standard InChI is InChI=1S/C17H19N5O5/c18-17(14(26)9-4-2-1-3-5-9)13-15(19-7-21-17)22(8-20-13)16-12(25)11(24)10(6-23)27-16/h1-5,7-8,10-12,16,23-25H,6,18H2,(H,19,21)/t10-,11-,12+,16-,17?/m1/s1. The topological polar surface area (TPSA) is 155 Å². The summed E-state index contributed by atoms with van der Waals surface area (Å²) in [6, 6.07) is 8.54. The molecule has 2 aliphatic rings. The summed E-state index contributed by atoms with van der Waals surface area (Å²) in [6.07, 6.45) is -1.93. The minimum atomic E-state index is -1.65. The van der Waals surface area contributed by atoms with Gasteiger partial charge in [-0.3, -0.25) is 15.1 Å². The first-order valence-electron chi connectivity index (χ1n) is 8.36. The van der Waals surface area contributed by atoms with E-state index in [1.807, 2.05) is 0 Å². The molecule has 1 aromatic carbocycles. The molecule has 0 spiro atoms. The van der Waals surface area contributed by atoms with Crippen molar-refractivity contribution in [2.75, 3.05) is 6.61 Å². The van der Waals surface area contributed by atoms with Crippen molar-refractivity contribution in [3.05, 3.63) is 47.9 Å². The molecular formula is C17H19N5O5. The number of Topliss-reactive ketones (excluding diaryl/α,β-unsaturated/α-hetero) is 1. The van der Waals surface area contributed by atoms with Crippen LogP contribution in [0.1, 0.15) is 22.3 Å². The van der Waals surface area contributed by atoms with Gasteiger partial charge in [0, 0.05) is 5.56 Å². The number of ketones is 1. The van der Waals surface area contributed by atoms with Crippen LogP contribution in [0.25, 0.3) is 0 Å². The second-order valence-corrected chi connectivity index (χ2v) is 6.46. The molecule has 3 heterocycles. The van der Waals surface area contributed by atoms with Gasteiger partial charge in [-0.25, -0.2) is 9.98 Å². The number of rotatable bonds is 4. The largest absolute Gasteiger partial charge is 0.394 e. The summed E-state index contributed by atoms with van der Waals surface area (Å²) in [5.41, 5.74) is 5.27. The minimum Gasteiger partial charge on any atom is -0.394 e. The molecule has 27 heavy (non-hydrogen) atoms. The Morgan fingerprint density at radius 1 is 1.30 bits per heavy atom. The van der Waals surface area contributed by atoms with Gasteiger partial charge in [-0.2, -0.15) is 0 Å². The number of hydrogen-bond donors (Lipinski definition) is 5. The molecule has 0 amide bonds. The number of aliphatic hydroxyl groups is 3. The Balaban J connectivity index is 1.72. The van der Waals surface area contributed by atoms with E-state index in [0.29, 0.717) is 5.56 Å². The Morgan fingerprint density at radius 2 is 2.04 bits per heavy atom. The molecule has 0 radical (unpaired) electrons. The highest BCUT2D eigenvalue weighted by molar-refractivity contribution is 6.05. The van der Waals surface area contributed by atoms with E-state index in [4.69, 9.17) is 10.5 Å². The molecule has 4 rings (SSSR count). The van der Waals surface area contributed by atoms with Crippen molar-refractivity contribution in [3.63, 3.8) is 0 Å². The monoisotopic (exact) mass is 373 g/mol. The number of nitrogens with two attached hydrogens (primary N) is 1. The normalized spacial score (nSPS) is 32.1. The fraction of sp³-hybridized carbons (Fsp3) is 0.353. The maximum absolute atomic E-state index is 13.0. The fourth-order valence-electron chi connectivity index (χ4n) is 3.31. The summed E-state index contributed by atoms with van der Waals surface area (Å²) < 4.78 is 6.90.